The Bertz CT molecular complexity index is 362. The minimum absolute atomic E-state index is 0.177. The van der Waals surface area contributed by atoms with E-state index in [1.54, 1.807) is 7.11 Å². The van der Waals surface area contributed by atoms with Gasteiger partial charge in [0, 0.05) is 39.9 Å². The molecule has 0 amide bonds. The van der Waals surface area contributed by atoms with Crippen molar-refractivity contribution in [3.05, 3.63) is 0 Å². The third-order valence-corrected chi connectivity index (χ3v) is 4.64. The number of rotatable bonds is 10. The first kappa shape index (κ1) is 20.2. The number of ether oxygens (including phenoxy) is 1. The molecule has 136 valence electrons. The van der Waals surface area contributed by atoms with E-state index < -0.39 is 0 Å². The van der Waals surface area contributed by atoms with Crippen molar-refractivity contribution in [2.45, 2.75) is 46.5 Å². The molecular formula is C18H38N4O. The topological polar surface area (TPSA) is 48.9 Å². The average molecular weight is 327 g/mol. The standard InChI is InChI=1S/C18H38N4O/c1-7-19-16(20-13-17(2,3)15-22(4)5)21-14-18(9-8-10-18)11-12-23-6/h7-15H2,1-6H3,(H2,19,20,21). The van der Waals surface area contributed by atoms with Gasteiger partial charge in [-0.1, -0.05) is 20.3 Å². The van der Waals surface area contributed by atoms with Crippen molar-refractivity contribution in [2.24, 2.45) is 15.8 Å². The lowest BCUT2D eigenvalue weighted by Gasteiger charge is -2.42. The zero-order chi connectivity index (χ0) is 17.3. The van der Waals surface area contributed by atoms with Gasteiger partial charge in [0.15, 0.2) is 5.96 Å². The Hall–Kier alpha value is -0.810. The summed E-state index contributed by atoms with van der Waals surface area (Å²) >= 11 is 0. The molecular weight excluding hydrogens is 288 g/mol. The first-order valence-corrected chi connectivity index (χ1v) is 8.98. The van der Waals surface area contributed by atoms with Crippen molar-refractivity contribution < 1.29 is 4.74 Å². The van der Waals surface area contributed by atoms with E-state index in [1.165, 1.54) is 19.3 Å². The number of guanidine groups is 1. The molecule has 0 bridgehead atoms. The predicted octanol–water partition coefficient (Wildman–Crippen LogP) is 2.34. The number of methoxy groups -OCH3 is 1. The van der Waals surface area contributed by atoms with Crippen LogP contribution in [0.1, 0.15) is 46.5 Å². The van der Waals surface area contributed by atoms with E-state index in [1.807, 2.05) is 0 Å². The maximum atomic E-state index is 5.28. The zero-order valence-electron chi connectivity index (χ0n) is 16.2. The largest absolute Gasteiger partial charge is 0.385 e. The van der Waals surface area contributed by atoms with Gasteiger partial charge in [0.1, 0.15) is 0 Å². The molecule has 0 saturated heterocycles. The van der Waals surface area contributed by atoms with Gasteiger partial charge >= 0.3 is 0 Å². The molecule has 5 nitrogen and oxygen atoms in total. The molecule has 1 rings (SSSR count). The highest BCUT2D eigenvalue weighted by Gasteiger charge is 2.36. The summed E-state index contributed by atoms with van der Waals surface area (Å²) in [6, 6.07) is 0. The SMILES string of the molecule is CCNC(=NCC(C)(C)CN(C)C)NCC1(CCOC)CCC1. The van der Waals surface area contributed by atoms with E-state index in [0.29, 0.717) is 5.41 Å². The Kier molecular flexibility index (Phi) is 8.34. The third kappa shape index (κ3) is 7.53. The lowest BCUT2D eigenvalue weighted by molar-refractivity contribution is 0.0732. The summed E-state index contributed by atoms with van der Waals surface area (Å²) in [5.41, 5.74) is 0.585. The molecule has 0 unspecified atom stereocenters. The van der Waals surface area contributed by atoms with Gasteiger partial charge in [-0.3, -0.25) is 4.99 Å². The molecule has 1 aliphatic rings. The second kappa shape index (κ2) is 9.48. The molecule has 2 N–H and O–H groups in total. The van der Waals surface area contributed by atoms with Crippen LogP contribution in [0.3, 0.4) is 0 Å². The summed E-state index contributed by atoms with van der Waals surface area (Å²) in [6.45, 7) is 11.3. The number of aliphatic imine (C=N–C) groups is 1. The normalized spacial score (nSPS) is 18.0. The highest BCUT2D eigenvalue weighted by Crippen LogP contribution is 2.43. The number of nitrogens with one attached hydrogen (secondary N) is 2. The summed E-state index contributed by atoms with van der Waals surface area (Å²) in [7, 11) is 6.02. The van der Waals surface area contributed by atoms with E-state index in [-0.39, 0.29) is 5.41 Å². The third-order valence-electron chi connectivity index (χ3n) is 4.64. The van der Waals surface area contributed by atoms with Crippen LogP contribution in [0, 0.1) is 10.8 Å². The smallest absolute Gasteiger partial charge is 0.191 e. The summed E-state index contributed by atoms with van der Waals surface area (Å²) in [5.74, 6) is 0.947. The van der Waals surface area contributed by atoms with Crippen LogP contribution in [0.2, 0.25) is 0 Å². The number of hydrogen-bond acceptors (Lipinski definition) is 3. The van der Waals surface area contributed by atoms with Gasteiger partial charge in [0.25, 0.3) is 0 Å². The van der Waals surface area contributed by atoms with Gasteiger partial charge in [-0.15, -0.1) is 0 Å². The van der Waals surface area contributed by atoms with Crippen molar-refractivity contribution in [1.82, 2.24) is 15.5 Å². The van der Waals surface area contributed by atoms with Gasteiger partial charge in [0.05, 0.1) is 0 Å². The van der Waals surface area contributed by atoms with Crippen LogP contribution >= 0.6 is 0 Å². The maximum absolute atomic E-state index is 5.28. The first-order chi connectivity index (χ1) is 10.8. The van der Waals surface area contributed by atoms with Crippen LogP contribution in [0.5, 0.6) is 0 Å². The second-order valence-corrected chi connectivity index (χ2v) is 8.05. The molecule has 0 atom stereocenters. The highest BCUT2D eigenvalue weighted by molar-refractivity contribution is 5.79. The van der Waals surface area contributed by atoms with Gasteiger partial charge in [-0.05, 0) is 51.1 Å². The lowest BCUT2D eigenvalue weighted by atomic mass is 9.67. The molecule has 1 fully saturated rings. The van der Waals surface area contributed by atoms with Crippen molar-refractivity contribution in [3.8, 4) is 0 Å². The molecule has 5 heteroatoms. The molecule has 0 spiro atoms. The Morgan fingerprint density at radius 3 is 2.43 bits per heavy atom. The quantitative estimate of drug-likeness (QED) is 0.478. The Morgan fingerprint density at radius 1 is 1.26 bits per heavy atom. The molecule has 0 radical (unpaired) electrons. The second-order valence-electron chi connectivity index (χ2n) is 8.05. The van der Waals surface area contributed by atoms with Gasteiger partial charge in [-0.25, -0.2) is 0 Å². The molecule has 1 aliphatic carbocycles. The molecule has 23 heavy (non-hydrogen) atoms. The van der Waals surface area contributed by atoms with Crippen molar-refractivity contribution >= 4 is 5.96 Å². The van der Waals surface area contributed by atoms with E-state index in [4.69, 9.17) is 9.73 Å². The molecule has 0 aromatic heterocycles. The van der Waals surface area contributed by atoms with Crippen LogP contribution < -0.4 is 10.6 Å². The molecule has 0 aliphatic heterocycles. The lowest BCUT2D eigenvalue weighted by Crippen LogP contribution is -2.47. The highest BCUT2D eigenvalue weighted by atomic mass is 16.5. The Labute approximate surface area is 143 Å². The van der Waals surface area contributed by atoms with Gasteiger partial charge < -0.3 is 20.3 Å². The fourth-order valence-electron chi connectivity index (χ4n) is 3.32. The first-order valence-electron chi connectivity index (χ1n) is 8.98. The van der Waals surface area contributed by atoms with Crippen LogP contribution in [0.15, 0.2) is 4.99 Å². The van der Waals surface area contributed by atoms with E-state index >= 15 is 0 Å². The Balaban J connectivity index is 2.55. The van der Waals surface area contributed by atoms with E-state index in [0.717, 1.165) is 45.2 Å². The van der Waals surface area contributed by atoms with E-state index in [2.05, 4.69) is 50.4 Å². The van der Waals surface area contributed by atoms with Crippen LogP contribution in [0.25, 0.3) is 0 Å². The fraction of sp³-hybridized carbons (Fsp3) is 0.944. The van der Waals surface area contributed by atoms with E-state index in [9.17, 15) is 0 Å². The minimum atomic E-state index is 0.177. The summed E-state index contributed by atoms with van der Waals surface area (Å²) in [4.78, 5) is 7.04. The van der Waals surface area contributed by atoms with Crippen LogP contribution in [-0.2, 0) is 4.74 Å². The van der Waals surface area contributed by atoms with Crippen LogP contribution in [0.4, 0.5) is 0 Å². The van der Waals surface area contributed by atoms with Crippen molar-refractivity contribution in [3.63, 3.8) is 0 Å². The fourth-order valence-corrected chi connectivity index (χ4v) is 3.32. The predicted molar refractivity (Wildman–Crippen MR) is 99.1 cm³/mol. The van der Waals surface area contributed by atoms with Crippen LogP contribution in [-0.4, -0.2) is 64.9 Å². The van der Waals surface area contributed by atoms with Gasteiger partial charge in [0.2, 0.25) is 0 Å². The summed E-state index contributed by atoms with van der Waals surface area (Å²) in [5, 5.41) is 6.95. The maximum Gasteiger partial charge on any atom is 0.191 e. The monoisotopic (exact) mass is 326 g/mol. The molecule has 1 saturated carbocycles. The molecule has 0 aromatic rings. The number of nitrogens with zero attached hydrogens (tertiary/aromatic N) is 2. The summed E-state index contributed by atoms with van der Waals surface area (Å²) in [6.07, 6.45) is 5.08. The molecule has 0 heterocycles. The summed E-state index contributed by atoms with van der Waals surface area (Å²) < 4.78 is 5.28. The molecule has 0 aromatic carbocycles. The van der Waals surface area contributed by atoms with Crippen molar-refractivity contribution in [2.75, 3.05) is 54.0 Å². The average Bonchev–Trinajstić information content (AvgIpc) is 2.41. The Morgan fingerprint density at radius 2 is 1.96 bits per heavy atom. The zero-order valence-corrected chi connectivity index (χ0v) is 16.2. The van der Waals surface area contributed by atoms with Gasteiger partial charge in [-0.2, -0.15) is 0 Å². The minimum Gasteiger partial charge on any atom is -0.385 e. The number of hydrogen-bond donors (Lipinski definition) is 2. The van der Waals surface area contributed by atoms with Crippen molar-refractivity contribution in [1.29, 1.82) is 0 Å².